The SMILES string of the molecule is O=C1OC2C3CC(CC13)C2OCCOC(F)(F)C(=O)O. The van der Waals surface area contributed by atoms with Crippen LogP contribution in [0.4, 0.5) is 8.78 Å². The van der Waals surface area contributed by atoms with Gasteiger partial charge in [0.05, 0.1) is 25.2 Å². The van der Waals surface area contributed by atoms with E-state index in [4.69, 9.17) is 14.6 Å². The van der Waals surface area contributed by atoms with Gasteiger partial charge in [-0.3, -0.25) is 4.79 Å². The number of carboxylic acids is 1. The van der Waals surface area contributed by atoms with Crippen molar-refractivity contribution in [2.45, 2.75) is 31.2 Å². The molecule has 3 rings (SSSR count). The molecule has 2 bridgehead atoms. The van der Waals surface area contributed by atoms with Crippen LogP contribution in [0.2, 0.25) is 0 Å². The predicted molar refractivity (Wildman–Crippen MR) is 57.9 cm³/mol. The van der Waals surface area contributed by atoms with Crippen LogP contribution in [0.5, 0.6) is 0 Å². The Kier molecular flexibility index (Phi) is 3.17. The van der Waals surface area contributed by atoms with Crippen molar-refractivity contribution in [3.63, 3.8) is 0 Å². The molecule has 1 N–H and O–H groups in total. The Balaban J connectivity index is 1.47. The zero-order valence-corrected chi connectivity index (χ0v) is 10.5. The van der Waals surface area contributed by atoms with E-state index in [2.05, 4.69) is 4.74 Å². The fraction of sp³-hybridized carbons (Fsp3) is 0.833. The summed E-state index contributed by atoms with van der Waals surface area (Å²) in [6.07, 6.45) is -3.20. The Morgan fingerprint density at radius 2 is 2.15 bits per heavy atom. The van der Waals surface area contributed by atoms with Gasteiger partial charge in [0.2, 0.25) is 0 Å². The van der Waals surface area contributed by atoms with Gasteiger partial charge in [-0.05, 0) is 18.8 Å². The molecule has 0 aromatic carbocycles. The average molecular weight is 292 g/mol. The van der Waals surface area contributed by atoms with Gasteiger partial charge in [0.1, 0.15) is 6.10 Å². The number of esters is 1. The van der Waals surface area contributed by atoms with Gasteiger partial charge in [-0.2, -0.15) is 8.78 Å². The fourth-order valence-corrected chi connectivity index (χ4v) is 3.55. The van der Waals surface area contributed by atoms with Crippen LogP contribution >= 0.6 is 0 Å². The number of hydrogen-bond donors (Lipinski definition) is 1. The lowest BCUT2D eigenvalue weighted by Crippen LogP contribution is -2.37. The minimum absolute atomic E-state index is 0.0301. The van der Waals surface area contributed by atoms with Gasteiger partial charge in [-0.15, -0.1) is 0 Å². The number of fused-ring (bicyclic) bond motifs is 1. The van der Waals surface area contributed by atoms with Crippen LogP contribution < -0.4 is 0 Å². The first-order valence-corrected chi connectivity index (χ1v) is 6.47. The molecule has 5 atom stereocenters. The molecular formula is C12H14F2O6. The van der Waals surface area contributed by atoms with Crippen LogP contribution in [0.3, 0.4) is 0 Å². The lowest BCUT2D eigenvalue weighted by molar-refractivity contribution is -0.250. The molecule has 20 heavy (non-hydrogen) atoms. The Hall–Kier alpha value is -1.28. The molecule has 0 radical (unpaired) electrons. The lowest BCUT2D eigenvalue weighted by atomic mass is 9.88. The summed E-state index contributed by atoms with van der Waals surface area (Å²) in [5, 5.41) is 8.18. The number of ether oxygens (including phenoxy) is 3. The van der Waals surface area contributed by atoms with E-state index in [0.29, 0.717) is 0 Å². The maximum atomic E-state index is 12.7. The second-order valence-corrected chi connectivity index (χ2v) is 5.41. The number of alkyl halides is 2. The molecule has 0 aromatic rings. The largest absolute Gasteiger partial charge is 0.475 e. The van der Waals surface area contributed by atoms with E-state index in [-0.39, 0.29) is 42.5 Å². The Bertz CT molecular complexity index is 440. The van der Waals surface area contributed by atoms with Crippen molar-refractivity contribution in [3.8, 4) is 0 Å². The quantitative estimate of drug-likeness (QED) is 0.571. The van der Waals surface area contributed by atoms with Gasteiger partial charge in [0.15, 0.2) is 0 Å². The molecule has 5 unspecified atom stereocenters. The van der Waals surface area contributed by atoms with Crippen LogP contribution in [0.1, 0.15) is 12.8 Å². The summed E-state index contributed by atoms with van der Waals surface area (Å²) >= 11 is 0. The summed E-state index contributed by atoms with van der Waals surface area (Å²) in [5.41, 5.74) is 0. The van der Waals surface area contributed by atoms with E-state index < -0.39 is 18.7 Å². The van der Waals surface area contributed by atoms with Crippen molar-refractivity contribution in [2.24, 2.45) is 17.8 Å². The van der Waals surface area contributed by atoms with Crippen molar-refractivity contribution < 1.29 is 37.7 Å². The first kappa shape index (κ1) is 13.7. The number of rotatable bonds is 6. The normalized spacial score (nSPS) is 38.3. The molecule has 1 saturated heterocycles. The second kappa shape index (κ2) is 4.63. The highest BCUT2D eigenvalue weighted by Gasteiger charge is 2.62. The lowest BCUT2D eigenvalue weighted by Gasteiger charge is -2.25. The van der Waals surface area contributed by atoms with Crippen molar-refractivity contribution >= 4 is 11.9 Å². The van der Waals surface area contributed by atoms with Gasteiger partial charge < -0.3 is 19.3 Å². The van der Waals surface area contributed by atoms with E-state index in [1.165, 1.54) is 0 Å². The van der Waals surface area contributed by atoms with Crippen LogP contribution in [-0.4, -0.2) is 48.6 Å². The number of hydrogen-bond acceptors (Lipinski definition) is 5. The van der Waals surface area contributed by atoms with E-state index in [9.17, 15) is 18.4 Å². The number of carbonyl (C=O) groups excluding carboxylic acids is 1. The maximum absolute atomic E-state index is 12.7. The van der Waals surface area contributed by atoms with Crippen molar-refractivity contribution in [1.29, 1.82) is 0 Å². The standard InChI is InChI=1S/C12H14F2O6/c13-12(14,11(16)17)19-2-1-18-8-5-3-6-7(4-5)10(15)20-9(6)8/h5-9H,1-4H2,(H,16,17). The van der Waals surface area contributed by atoms with Crippen LogP contribution in [0.15, 0.2) is 0 Å². The zero-order valence-electron chi connectivity index (χ0n) is 10.5. The molecule has 0 amide bonds. The van der Waals surface area contributed by atoms with E-state index in [1.54, 1.807) is 0 Å². The first-order valence-electron chi connectivity index (χ1n) is 6.47. The van der Waals surface area contributed by atoms with Gasteiger partial charge >= 0.3 is 18.0 Å². The van der Waals surface area contributed by atoms with Crippen LogP contribution in [-0.2, 0) is 23.8 Å². The van der Waals surface area contributed by atoms with E-state index in [0.717, 1.165) is 12.8 Å². The first-order chi connectivity index (χ1) is 9.40. The van der Waals surface area contributed by atoms with Crippen LogP contribution in [0, 0.1) is 17.8 Å². The molecule has 3 fully saturated rings. The number of aliphatic carboxylic acids is 1. The second-order valence-electron chi connectivity index (χ2n) is 5.41. The third-order valence-electron chi connectivity index (χ3n) is 4.34. The molecule has 2 aliphatic carbocycles. The molecule has 3 aliphatic rings. The third kappa shape index (κ3) is 2.07. The molecule has 0 spiro atoms. The van der Waals surface area contributed by atoms with Gasteiger partial charge in [0.25, 0.3) is 0 Å². The zero-order chi connectivity index (χ0) is 14.5. The highest BCUT2D eigenvalue weighted by atomic mass is 19.3. The summed E-state index contributed by atoms with van der Waals surface area (Å²) in [5.74, 6) is -2.16. The monoisotopic (exact) mass is 292 g/mol. The number of halogens is 2. The van der Waals surface area contributed by atoms with Gasteiger partial charge in [-0.25, -0.2) is 4.79 Å². The minimum atomic E-state index is -4.21. The molecule has 0 aromatic heterocycles. The Morgan fingerprint density at radius 1 is 1.40 bits per heavy atom. The van der Waals surface area contributed by atoms with Crippen molar-refractivity contribution in [1.82, 2.24) is 0 Å². The Labute approximate surface area is 113 Å². The summed E-state index contributed by atoms with van der Waals surface area (Å²) in [7, 11) is 0. The highest BCUT2D eigenvalue weighted by molar-refractivity contribution is 5.76. The molecule has 1 aliphatic heterocycles. The van der Waals surface area contributed by atoms with Gasteiger partial charge in [-0.1, -0.05) is 0 Å². The topological polar surface area (TPSA) is 82.1 Å². The number of carbonyl (C=O) groups is 2. The smallest absolute Gasteiger partial charge is 0.456 e. The molecule has 8 heteroatoms. The summed E-state index contributed by atoms with van der Waals surface area (Å²) in [6, 6.07) is 0. The van der Waals surface area contributed by atoms with Gasteiger partial charge in [0, 0.05) is 5.92 Å². The van der Waals surface area contributed by atoms with Crippen molar-refractivity contribution in [2.75, 3.05) is 13.2 Å². The summed E-state index contributed by atoms with van der Waals surface area (Å²) in [4.78, 5) is 21.7. The van der Waals surface area contributed by atoms with E-state index in [1.807, 2.05) is 0 Å². The molecule has 2 saturated carbocycles. The molecule has 112 valence electrons. The molecular weight excluding hydrogens is 278 g/mol. The predicted octanol–water partition coefficient (Wildman–Crippen LogP) is 0.647. The Morgan fingerprint density at radius 3 is 2.85 bits per heavy atom. The van der Waals surface area contributed by atoms with E-state index >= 15 is 0 Å². The third-order valence-corrected chi connectivity index (χ3v) is 4.34. The highest BCUT2D eigenvalue weighted by Crippen LogP contribution is 2.55. The van der Waals surface area contributed by atoms with Crippen LogP contribution in [0.25, 0.3) is 0 Å². The average Bonchev–Trinajstić information content (AvgIpc) is 2.97. The minimum Gasteiger partial charge on any atom is -0.475 e. The molecule has 6 nitrogen and oxygen atoms in total. The van der Waals surface area contributed by atoms with Crippen molar-refractivity contribution in [3.05, 3.63) is 0 Å². The summed E-state index contributed by atoms with van der Waals surface area (Å²) < 4.78 is 40.0. The fourth-order valence-electron chi connectivity index (χ4n) is 3.55. The number of carboxylic acid groups (broad SMARTS) is 1. The molecule has 1 heterocycles. The summed E-state index contributed by atoms with van der Waals surface area (Å²) in [6.45, 7) is -0.688. The maximum Gasteiger partial charge on any atom is 0.456 e.